The number of fused-ring (bicyclic) bond motifs is 1. The van der Waals surface area contributed by atoms with Crippen LogP contribution in [0.4, 0.5) is 0 Å². The van der Waals surface area contributed by atoms with Crippen LogP contribution in [-0.2, 0) is 16.6 Å². The first-order valence-electron chi connectivity index (χ1n) is 6.06. The summed E-state index contributed by atoms with van der Waals surface area (Å²) in [7, 11) is 0. The number of aliphatic carboxylic acids is 1. The maximum Gasteiger partial charge on any atom is 0.304 e. The molecule has 1 aromatic carbocycles. The molecule has 0 heterocycles. The van der Waals surface area contributed by atoms with Crippen LogP contribution >= 0.6 is 11.6 Å². The van der Waals surface area contributed by atoms with Gasteiger partial charge in [-0.25, -0.2) is 0 Å². The lowest BCUT2D eigenvalue weighted by Gasteiger charge is -2.41. The minimum absolute atomic E-state index is 0.0606. The highest BCUT2D eigenvalue weighted by Crippen LogP contribution is 2.48. The third-order valence-corrected chi connectivity index (χ3v) is 4.33. The number of carbonyl (C=O) groups is 1. The molecular weight excluding hydrogens is 250 g/mol. The second-order valence-electron chi connectivity index (χ2n) is 5.68. The highest BCUT2D eigenvalue weighted by molar-refractivity contribution is 6.30. The van der Waals surface area contributed by atoms with Crippen molar-refractivity contribution in [2.75, 3.05) is 0 Å². The van der Waals surface area contributed by atoms with Crippen LogP contribution < -0.4 is 5.73 Å². The molecule has 1 aromatic rings. The summed E-state index contributed by atoms with van der Waals surface area (Å²) in [5.74, 6) is -0.809. The van der Waals surface area contributed by atoms with Crippen molar-refractivity contribution in [3.63, 3.8) is 0 Å². The van der Waals surface area contributed by atoms with Crippen molar-refractivity contribution < 1.29 is 9.90 Å². The van der Waals surface area contributed by atoms with E-state index in [0.29, 0.717) is 5.02 Å². The third kappa shape index (κ3) is 2.02. The average molecular weight is 268 g/mol. The minimum atomic E-state index is -0.809. The Morgan fingerprint density at radius 3 is 2.78 bits per heavy atom. The molecular formula is C14H18ClNO2. The maximum absolute atomic E-state index is 11.2. The first kappa shape index (κ1) is 13.4. The van der Waals surface area contributed by atoms with Gasteiger partial charge in [-0.05, 0) is 49.9 Å². The molecule has 0 aliphatic heterocycles. The van der Waals surface area contributed by atoms with Crippen LogP contribution in [0.15, 0.2) is 18.2 Å². The fraction of sp³-hybridized carbons (Fsp3) is 0.500. The number of hydrogen-bond acceptors (Lipinski definition) is 2. The Hall–Kier alpha value is -1.06. The van der Waals surface area contributed by atoms with Crippen LogP contribution in [0.1, 0.15) is 37.8 Å². The average Bonchev–Trinajstić information content (AvgIpc) is 2.56. The Morgan fingerprint density at radius 1 is 1.56 bits per heavy atom. The van der Waals surface area contributed by atoms with E-state index in [1.165, 1.54) is 0 Å². The summed E-state index contributed by atoms with van der Waals surface area (Å²) in [6, 6.07) is 5.67. The summed E-state index contributed by atoms with van der Waals surface area (Å²) in [5.41, 5.74) is 7.37. The van der Waals surface area contributed by atoms with Crippen molar-refractivity contribution >= 4 is 17.6 Å². The quantitative estimate of drug-likeness (QED) is 0.885. The number of hydrogen-bond donors (Lipinski definition) is 2. The first-order valence-corrected chi connectivity index (χ1v) is 6.44. The van der Waals surface area contributed by atoms with Gasteiger partial charge in [-0.15, -0.1) is 0 Å². The van der Waals surface area contributed by atoms with E-state index in [0.717, 1.165) is 24.0 Å². The number of rotatable bonds is 3. The van der Waals surface area contributed by atoms with Crippen LogP contribution in [0, 0.1) is 0 Å². The Balaban J connectivity index is 2.56. The molecule has 18 heavy (non-hydrogen) atoms. The molecule has 98 valence electrons. The lowest BCUT2D eigenvalue weighted by atomic mass is 9.66. The summed E-state index contributed by atoms with van der Waals surface area (Å²) < 4.78 is 0. The van der Waals surface area contributed by atoms with Crippen LogP contribution in [0.3, 0.4) is 0 Å². The number of benzene rings is 1. The van der Waals surface area contributed by atoms with Gasteiger partial charge in [-0.2, -0.15) is 0 Å². The molecule has 3 N–H and O–H groups in total. The molecule has 0 aromatic heterocycles. The topological polar surface area (TPSA) is 63.3 Å². The SMILES string of the molecule is CC(C)(N)C1(CC(=O)O)CCc2cc(Cl)ccc21. The molecule has 0 spiro atoms. The first-order chi connectivity index (χ1) is 8.26. The summed E-state index contributed by atoms with van der Waals surface area (Å²) >= 11 is 5.99. The van der Waals surface area contributed by atoms with Gasteiger partial charge in [0.2, 0.25) is 0 Å². The van der Waals surface area contributed by atoms with E-state index in [2.05, 4.69) is 0 Å². The van der Waals surface area contributed by atoms with Crippen molar-refractivity contribution in [2.45, 2.75) is 44.1 Å². The number of carboxylic acid groups (broad SMARTS) is 1. The Bertz CT molecular complexity index is 493. The van der Waals surface area contributed by atoms with Gasteiger partial charge >= 0.3 is 5.97 Å². The van der Waals surface area contributed by atoms with Crippen LogP contribution in [0.2, 0.25) is 5.02 Å². The molecule has 0 bridgehead atoms. The second-order valence-corrected chi connectivity index (χ2v) is 6.11. The van der Waals surface area contributed by atoms with E-state index in [9.17, 15) is 9.90 Å². The molecule has 1 unspecified atom stereocenters. The van der Waals surface area contributed by atoms with E-state index in [1.807, 2.05) is 32.0 Å². The maximum atomic E-state index is 11.2. The predicted molar refractivity (Wildman–Crippen MR) is 72.0 cm³/mol. The van der Waals surface area contributed by atoms with E-state index >= 15 is 0 Å². The molecule has 1 atom stereocenters. The number of aryl methyl sites for hydroxylation is 1. The van der Waals surface area contributed by atoms with Gasteiger partial charge < -0.3 is 10.8 Å². The largest absolute Gasteiger partial charge is 0.481 e. The van der Waals surface area contributed by atoms with Crippen LogP contribution in [-0.4, -0.2) is 16.6 Å². The number of nitrogens with two attached hydrogens (primary N) is 1. The number of carboxylic acids is 1. The van der Waals surface area contributed by atoms with Gasteiger partial charge in [-0.3, -0.25) is 4.79 Å². The van der Waals surface area contributed by atoms with Crippen molar-refractivity contribution in [1.29, 1.82) is 0 Å². The van der Waals surface area contributed by atoms with E-state index in [4.69, 9.17) is 17.3 Å². The summed E-state index contributed by atoms with van der Waals surface area (Å²) in [4.78, 5) is 11.2. The molecule has 2 rings (SSSR count). The lowest BCUT2D eigenvalue weighted by Crippen LogP contribution is -2.53. The van der Waals surface area contributed by atoms with Crippen molar-refractivity contribution in [1.82, 2.24) is 0 Å². The van der Waals surface area contributed by atoms with Crippen LogP contribution in [0.5, 0.6) is 0 Å². The fourth-order valence-corrected chi connectivity index (χ4v) is 3.25. The monoisotopic (exact) mass is 267 g/mol. The molecule has 0 saturated heterocycles. The molecule has 0 amide bonds. The summed E-state index contributed by atoms with van der Waals surface area (Å²) in [5, 5.41) is 9.89. The predicted octanol–water partition coefficient (Wildman–Crippen LogP) is 2.74. The van der Waals surface area contributed by atoms with Gasteiger partial charge in [0.1, 0.15) is 0 Å². The Kier molecular flexibility index (Phi) is 3.16. The summed E-state index contributed by atoms with van der Waals surface area (Å²) in [6.45, 7) is 3.80. The van der Waals surface area contributed by atoms with Gasteiger partial charge in [-0.1, -0.05) is 17.7 Å². The molecule has 0 saturated carbocycles. The van der Waals surface area contributed by atoms with E-state index in [-0.39, 0.29) is 6.42 Å². The smallest absolute Gasteiger partial charge is 0.304 e. The van der Waals surface area contributed by atoms with Gasteiger partial charge in [0.15, 0.2) is 0 Å². The Morgan fingerprint density at radius 2 is 2.22 bits per heavy atom. The zero-order valence-electron chi connectivity index (χ0n) is 10.7. The van der Waals surface area contributed by atoms with E-state index in [1.54, 1.807) is 0 Å². The van der Waals surface area contributed by atoms with Crippen molar-refractivity contribution in [2.24, 2.45) is 5.73 Å². The van der Waals surface area contributed by atoms with Crippen molar-refractivity contribution in [3.05, 3.63) is 34.3 Å². The second kappa shape index (κ2) is 4.25. The third-order valence-electron chi connectivity index (χ3n) is 4.09. The van der Waals surface area contributed by atoms with E-state index < -0.39 is 16.9 Å². The van der Waals surface area contributed by atoms with Crippen LogP contribution in [0.25, 0.3) is 0 Å². The molecule has 4 heteroatoms. The molecule has 1 aliphatic rings. The molecule has 1 aliphatic carbocycles. The lowest BCUT2D eigenvalue weighted by molar-refractivity contribution is -0.139. The number of halogens is 1. The standard InChI is InChI=1S/C14H18ClNO2/c1-13(2,16)14(8-12(17)18)6-5-9-7-10(15)3-4-11(9)14/h3-4,7H,5-6,8,16H2,1-2H3,(H,17,18). The molecule has 0 radical (unpaired) electrons. The molecule has 0 fully saturated rings. The normalized spacial score (nSPS) is 22.9. The minimum Gasteiger partial charge on any atom is -0.481 e. The van der Waals surface area contributed by atoms with Crippen molar-refractivity contribution in [3.8, 4) is 0 Å². The summed E-state index contributed by atoms with van der Waals surface area (Å²) in [6.07, 6.45) is 1.66. The zero-order chi connectivity index (χ0) is 13.6. The highest BCUT2D eigenvalue weighted by Gasteiger charge is 2.49. The fourth-order valence-electron chi connectivity index (χ4n) is 3.06. The van der Waals surface area contributed by atoms with Gasteiger partial charge in [0.05, 0.1) is 6.42 Å². The Labute approximate surface area is 112 Å². The van der Waals surface area contributed by atoms with Gasteiger partial charge in [0, 0.05) is 16.0 Å². The molecule has 3 nitrogen and oxygen atoms in total. The highest BCUT2D eigenvalue weighted by atomic mass is 35.5. The zero-order valence-corrected chi connectivity index (χ0v) is 11.4. The van der Waals surface area contributed by atoms with Gasteiger partial charge in [0.25, 0.3) is 0 Å².